The summed E-state index contributed by atoms with van der Waals surface area (Å²) >= 11 is 0. The predicted octanol–water partition coefficient (Wildman–Crippen LogP) is 3.95. The lowest BCUT2D eigenvalue weighted by molar-refractivity contribution is 0.221. The topological polar surface area (TPSA) is 61.8 Å². The van der Waals surface area contributed by atoms with Crippen molar-refractivity contribution in [2.75, 3.05) is 26.7 Å². The Kier molecular flexibility index (Phi) is 10.9. The van der Waals surface area contributed by atoms with Gasteiger partial charge in [0, 0.05) is 31.9 Å². The number of guanidine groups is 1. The van der Waals surface area contributed by atoms with Gasteiger partial charge in [-0.25, -0.2) is 9.98 Å². The third-order valence-corrected chi connectivity index (χ3v) is 5.11. The molecule has 0 atom stereocenters. The van der Waals surface area contributed by atoms with E-state index in [9.17, 15) is 0 Å². The highest BCUT2D eigenvalue weighted by atomic mass is 127. The molecule has 0 aliphatic carbocycles. The molecule has 1 aliphatic heterocycles. The first kappa shape index (κ1) is 24.4. The van der Waals surface area contributed by atoms with Crippen LogP contribution in [0.15, 0.2) is 47.6 Å². The van der Waals surface area contributed by atoms with Crippen LogP contribution >= 0.6 is 24.0 Å². The largest absolute Gasteiger partial charge is 0.481 e. The molecule has 0 unspecified atom stereocenters. The van der Waals surface area contributed by atoms with Crippen LogP contribution < -0.4 is 15.4 Å². The third kappa shape index (κ3) is 8.10. The summed E-state index contributed by atoms with van der Waals surface area (Å²) in [5.74, 6) is 1.42. The molecule has 0 saturated carbocycles. The lowest BCUT2D eigenvalue weighted by atomic mass is 10.1. The molecule has 1 aromatic carbocycles. The fourth-order valence-electron chi connectivity index (χ4n) is 3.50. The fraction of sp³-hybridized carbons (Fsp3) is 0.478. The van der Waals surface area contributed by atoms with Gasteiger partial charge in [-0.15, -0.1) is 24.0 Å². The second-order valence-corrected chi connectivity index (χ2v) is 7.41. The molecule has 1 aliphatic rings. The minimum absolute atomic E-state index is 0. The van der Waals surface area contributed by atoms with E-state index in [1.54, 1.807) is 13.3 Å². The molecule has 0 radical (unpaired) electrons. The zero-order valence-electron chi connectivity index (χ0n) is 18.1. The Morgan fingerprint density at radius 2 is 1.77 bits per heavy atom. The smallest absolute Gasteiger partial charge is 0.213 e. The van der Waals surface area contributed by atoms with E-state index >= 15 is 0 Å². The molecule has 0 spiro atoms. The van der Waals surface area contributed by atoms with Gasteiger partial charge in [0.15, 0.2) is 5.96 Å². The zero-order valence-corrected chi connectivity index (χ0v) is 20.4. The second-order valence-electron chi connectivity index (χ2n) is 7.41. The van der Waals surface area contributed by atoms with Crippen LogP contribution in [0.2, 0.25) is 0 Å². The lowest BCUT2D eigenvalue weighted by Crippen LogP contribution is -2.36. The average Bonchev–Trinajstić information content (AvgIpc) is 2.77. The van der Waals surface area contributed by atoms with Crippen molar-refractivity contribution < 1.29 is 4.74 Å². The average molecular weight is 523 g/mol. The number of nitrogens with zero attached hydrogens (tertiary/aromatic N) is 3. The van der Waals surface area contributed by atoms with Gasteiger partial charge in [0.05, 0.1) is 13.7 Å². The quantitative estimate of drug-likeness (QED) is 0.312. The zero-order chi connectivity index (χ0) is 20.3. The number of ether oxygens (including phenoxy) is 1. The summed E-state index contributed by atoms with van der Waals surface area (Å²) in [4.78, 5) is 11.4. The van der Waals surface area contributed by atoms with Crippen molar-refractivity contribution in [3.8, 4) is 5.88 Å². The lowest BCUT2D eigenvalue weighted by Gasteiger charge is -2.26. The van der Waals surface area contributed by atoms with E-state index < -0.39 is 0 Å². The number of likely N-dealkylation sites (tertiary alicyclic amines) is 1. The highest BCUT2D eigenvalue weighted by Gasteiger charge is 2.10. The van der Waals surface area contributed by atoms with Crippen molar-refractivity contribution in [2.45, 2.75) is 45.8 Å². The van der Waals surface area contributed by atoms with Crippen molar-refractivity contribution >= 4 is 29.9 Å². The van der Waals surface area contributed by atoms with E-state index in [-0.39, 0.29) is 24.0 Å². The van der Waals surface area contributed by atoms with Crippen LogP contribution in [-0.2, 0) is 19.6 Å². The molecule has 30 heavy (non-hydrogen) atoms. The van der Waals surface area contributed by atoms with Gasteiger partial charge in [0.1, 0.15) is 0 Å². The maximum atomic E-state index is 5.18. The summed E-state index contributed by atoms with van der Waals surface area (Å²) in [6.07, 6.45) is 5.79. The van der Waals surface area contributed by atoms with Crippen LogP contribution in [0.25, 0.3) is 0 Å². The van der Waals surface area contributed by atoms with Crippen molar-refractivity contribution in [2.24, 2.45) is 4.99 Å². The van der Waals surface area contributed by atoms with Gasteiger partial charge in [-0.2, -0.15) is 0 Å². The number of rotatable bonds is 8. The number of aliphatic imine (C=N–C) groups is 1. The molecular formula is C23H34IN5O. The number of benzene rings is 1. The minimum atomic E-state index is 0. The molecule has 0 amide bonds. The Labute approximate surface area is 197 Å². The Morgan fingerprint density at radius 3 is 2.47 bits per heavy atom. The first-order chi connectivity index (χ1) is 14.3. The first-order valence-electron chi connectivity index (χ1n) is 10.6. The summed E-state index contributed by atoms with van der Waals surface area (Å²) in [5.41, 5.74) is 3.71. The molecule has 2 heterocycles. The van der Waals surface area contributed by atoms with E-state index in [2.05, 4.69) is 56.7 Å². The maximum absolute atomic E-state index is 5.18. The van der Waals surface area contributed by atoms with Crippen molar-refractivity contribution in [1.82, 2.24) is 20.5 Å². The Morgan fingerprint density at radius 1 is 1.03 bits per heavy atom. The number of piperidine rings is 1. The summed E-state index contributed by atoms with van der Waals surface area (Å²) in [5, 5.41) is 6.72. The molecule has 3 rings (SSSR count). The highest BCUT2D eigenvalue weighted by molar-refractivity contribution is 14.0. The van der Waals surface area contributed by atoms with Gasteiger partial charge in [0.2, 0.25) is 5.88 Å². The molecule has 1 aromatic heterocycles. The number of pyridine rings is 1. The monoisotopic (exact) mass is 523 g/mol. The van der Waals surface area contributed by atoms with Crippen molar-refractivity contribution in [1.29, 1.82) is 0 Å². The van der Waals surface area contributed by atoms with Crippen molar-refractivity contribution in [3.05, 3.63) is 59.3 Å². The van der Waals surface area contributed by atoms with Gasteiger partial charge in [-0.3, -0.25) is 4.90 Å². The first-order valence-corrected chi connectivity index (χ1v) is 10.6. The van der Waals surface area contributed by atoms with E-state index in [1.165, 1.54) is 43.5 Å². The molecule has 1 saturated heterocycles. The van der Waals surface area contributed by atoms with Crippen molar-refractivity contribution in [3.63, 3.8) is 0 Å². The standard InChI is InChI=1S/C23H33N5O.HI/c1-3-24-23(27-17-21-11-12-25-22(15-21)29-2)26-16-19-7-9-20(10-8-19)18-28-13-5-4-6-14-28;/h7-12,15H,3-6,13-14,16-18H2,1-2H3,(H2,24,26,27);1H. The number of methoxy groups -OCH3 is 1. The van der Waals surface area contributed by atoms with Crippen LogP contribution in [-0.4, -0.2) is 42.6 Å². The van der Waals surface area contributed by atoms with Crippen LogP contribution in [0.1, 0.15) is 42.9 Å². The minimum Gasteiger partial charge on any atom is -0.481 e. The fourth-order valence-corrected chi connectivity index (χ4v) is 3.50. The van der Waals surface area contributed by atoms with E-state index in [1.807, 2.05) is 12.1 Å². The van der Waals surface area contributed by atoms with E-state index in [0.717, 1.165) is 31.2 Å². The van der Waals surface area contributed by atoms with Gasteiger partial charge in [-0.05, 0) is 55.6 Å². The highest BCUT2D eigenvalue weighted by Crippen LogP contribution is 2.14. The predicted molar refractivity (Wildman–Crippen MR) is 133 cm³/mol. The molecule has 7 heteroatoms. The Hall–Kier alpha value is -1.87. The SMILES string of the molecule is CCNC(=NCc1ccnc(OC)c1)NCc1ccc(CN2CCCCC2)cc1.I. The number of aromatic nitrogens is 1. The van der Waals surface area contributed by atoms with Gasteiger partial charge >= 0.3 is 0 Å². The third-order valence-electron chi connectivity index (χ3n) is 5.11. The van der Waals surface area contributed by atoms with Crippen LogP contribution in [0, 0.1) is 0 Å². The summed E-state index contributed by atoms with van der Waals surface area (Å²) < 4.78 is 5.18. The molecule has 164 valence electrons. The molecule has 1 fully saturated rings. The van der Waals surface area contributed by atoms with Crippen LogP contribution in [0.5, 0.6) is 5.88 Å². The Balaban J connectivity index is 0.00000320. The van der Waals surface area contributed by atoms with Gasteiger partial charge < -0.3 is 15.4 Å². The second kappa shape index (κ2) is 13.4. The van der Waals surface area contributed by atoms with E-state index in [4.69, 9.17) is 4.74 Å². The summed E-state index contributed by atoms with van der Waals surface area (Å²) in [6, 6.07) is 12.8. The molecule has 0 bridgehead atoms. The number of hydrogen-bond acceptors (Lipinski definition) is 4. The summed E-state index contributed by atoms with van der Waals surface area (Å²) in [6.45, 7) is 7.73. The van der Waals surface area contributed by atoms with Gasteiger partial charge in [0.25, 0.3) is 0 Å². The Bertz CT molecular complexity index is 775. The van der Waals surface area contributed by atoms with Gasteiger partial charge in [-0.1, -0.05) is 30.7 Å². The number of halogens is 1. The van der Waals surface area contributed by atoms with Crippen LogP contribution in [0.4, 0.5) is 0 Å². The molecular weight excluding hydrogens is 489 g/mol. The number of hydrogen-bond donors (Lipinski definition) is 2. The summed E-state index contributed by atoms with van der Waals surface area (Å²) in [7, 11) is 1.62. The molecule has 2 N–H and O–H groups in total. The number of nitrogens with one attached hydrogen (secondary N) is 2. The van der Waals surface area contributed by atoms with Crippen LogP contribution in [0.3, 0.4) is 0 Å². The maximum Gasteiger partial charge on any atom is 0.213 e. The van der Waals surface area contributed by atoms with E-state index in [0.29, 0.717) is 12.4 Å². The molecule has 6 nitrogen and oxygen atoms in total. The molecule has 2 aromatic rings. The normalized spacial score (nSPS) is 14.7.